The number of halogens is 2. The third kappa shape index (κ3) is 3.87. The Balaban J connectivity index is 0.000000461. The van der Waals surface area contributed by atoms with Gasteiger partial charge in [-0.05, 0) is 25.2 Å². The minimum Gasteiger partial charge on any atom is -0.333 e. The van der Waals surface area contributed by atoms with Crippen molar-refractivity contribution in [3.05, 3.63) is 28.2 Å². The van der Waals surface area contributed by atoms with E-state index in [1.165, 1.54) is 7.05 Å². The topological polar surface area (TPSA) is 26.0 Å². The molecule has 0 spiro atoms. The van der Waals surface area contributed by atoms with Crippen LogP contribution in [0, 0.1) is 0 Å². The van der Waals surface area contributed by atoms with Crippen LogP contribution in [0.2, 0.25) is 10.0 Å². The number of hydrogen-bond donors (Lipinski definition) is 2. The molecule has 62 valence electrons. The molecular formula is C7H9Cl2NS. The molecule has 1 aromatic rings. The van der Waals surface area contributed by atoms with Gasteiger partial charge >= 0.3 is 0 Å². The average molecular weight is 210 g/mol. The van der Waals surface area contributed by atoms with E-state index in [0.717, 1.165) is 4.90 Å². The van der Waals surface area contributed by atoms with E-state index >= 15 is 0 Å². The van der Waals surface area contributed by atoms with Gasteiger partial charge in [0.05, 0.1) is 5.02 Å². The monoisotopic (exact) mass is 209 g/mol. The van der Waals surface area contributed by atoms with Crippen molar-refractivity contribution in [3.63, 3.8) is 0 Å². The normalized spacial score (nSPS) is 8.45. The third-order valence-electron chi connectivity index (χ3n) is 0.910. The molecule has 1 rings (SSSR count). The lowest BCUT2D eigenvalue weighted by molar-refractivity contribution is 1.48. The molecule has 0 saturated heterocycles. The van der Waals surface area contributed by atoms with Crippen molar-refractivity contribution in [2.75, 3.05) is 7.05 Å². The molecule has 11 heavy (non-hydrogen) atoms. The molecule has 1 aromatic carbocycles. The number of rotatable bonds is 0. The van der Waals surface area contributed by atoms with Gasteiger partial charge in [-0.15, -0.1) is 12.6 Å². The highest BCUT2D eigenvalue weighted by Gasteiger charge is 1.93. The second-order valence-corrected chi connectivity index (χ2v) is 2.92. The summed E-state index contributed by atoms with van der Waals surface area (Å²) in [4.78, 5) is 0.751. The summed E-state index contributed by atoms with van der Waals surface area (Å²) in [6.45, 7) is 0. The molecule has 0 amide bonds. The summed E-state index contributed by atoms with van der Waals surface area (Å²) in [5, 5.41) is 1.23. The van der Waals surface area contributed by atoms with Crippen LogP contribution in [0.3, 0.4) is 0 Å². The van der Waals surface area contributed by atoms with Crippen LogP contribution in [0.1, 0.15) is 0 Å². The number of nitrogens with two attached hydrogens (primary N) is 1. The molecule has 0 bridgehead atoms. The summed E-state index contributed by atoms with van der Waals surface area (Å²) < 4.78 is 0. The van der Waals surface area contributed by atoms with Gasteiger partial charge in [0.25, 0.3) is 0 Å². The minimum atomic E-state index is 0.589. The Morgan fingerprint density at radius 1 is 1.27 bits per heavy atom. The number of hydrogen-bond acceptors (Lipinski definition) is 2. The molecule has 0 atom stereocenters. The van der Waals surface area contributed by atoms with Gasteiger partial charge in [-0.25, -0.2) is 0 Å². The van der Waals surface area contributed by atoms with Crippen molar-refractivity contribution in [2.45, 2.75) is 4.90 Å². The molecule has 1 nitrogen and oxygen atoms in total. The first-order valence-electron chi connectivity index (χ1n) is 2.92. The molecule has 0 aliphatic carbocycles. The zero-order valence-corrected chi connectivity index (χ0v) is 8.42. The second-order valence-electron chi connectivity index (χ2n) is 1.60. The van der Waals surface area contributed by atoms with Crippen LogP contribution in [0.5, 0.6) is 0 Å². The van der Waals surface area contributed by atoms with E-state index in [2.05, 4.69) is 18.4 Å². The maximum Gasteiger partial charge on any atom is 0.0554 e. The molecule has 0 aliphatic heterocycles. The van der Waals surface area contributed by atoms with E-state index in [1.54, 1.807) is 18.2 Å². The van der Waals surface area contributed by atoms with Gasteiger partial charge in [0, 0.05) is 9.92 Å². The fourth-order valence-corrected chi connectivity index (χ4v) is 1.03. The zero-order valence-electron chi connectivity index (χ0n) is 6.01. The van der Waals surface area contributed by atoms with Gasteiger partial charge in [-0.2, -0.15) is 0 Å². The van der Waals surface area contributed by atoms with E-state index in [4.69, 9.17) is 23.2 Å². The largest absolute Gasteiger partial charge is 0.333 e. The van der Waals surface area contributed by atoms with Gasteiger partial charge < -0.3 is 5.73 Å². The predicted octanol–water partition coefficient (Wildman–Crippen LogP) is 2.86. The summed E-state index contributed by atoms with van der Waals surface area (Å²) in [6.07, 6.45) is 0. The fourth-order valence-electron chi connectivity index (χ4n) is 0.481. The Morgan fingerprint density at radius 2 is 1.82 bits per heavy atom. The van der Waals surface area contributed by atoms with Crippen LogP contribution in [0.25, 0.3) is 0 Å². The summed E-state index contributed by atoms with van der Waals surface area (Å²) in [5.41, 5.74) is 4.50. The Bertz CT molecular complexity index is 228. The third-order valence-corrected chi connectivity index (χ3v) is 1.98. The molecule has 0 heterocycles. The lowest BCUT2D eigenvalue weighted by Crippen LogP contribution is -1.69. The molecular weight excluding hydrogens is 201 g/mol. The fraction of sp³-hybridized carbons (Fsp3) is 0.143. The summed E-state index contributed by atoms with van der Waals surface area (Å²) in [5.74, 6) is 0. The van der Waals surface area contributed by atoms with Crippen LogP contribution < -0.4 is 5.73 Å². The minimum absolute atomic E-state index is 0.589. The molecule has 0 radical (unpaired) electrons. The highest BCUT2D eigenvalue weighted by Crippen LogP contribution is 2.22. The van der Waals surface area contributed by atoms with Crippen LogP contribution in [0.4, 0.5) is 0 Å². The Morgan fingerprint density at radius 3 is 2.18 bits per heavy atom. The van der Waals surface area contributed by atoms with Crippen molar-refractivity contribution in [1.82, 2.24) is 0 Å². The van der Waals surface area contributed by atoms with E-state index < -0.39 is 0 Å². The number of thiol groups is 1. The van der Waals surface area contributed by atoms with Gasteiger partial charge in [0.15, 0.2) is 0 Å². The van der Waals surface area contributed by atoms with E-state index in [0.29, 0.717) is 10.0 Å². The van der Waals surface area contributed by atoms with Crippen molar-refractivity contribution in [2.24, 2.45) is 5.73 Å². The van der Waals surface area contributed by atoms with E-state index in [1.807, 2.05) is 0 Å². The molecule has 0 aliphatic rings. The Kier molecular flexibility index (Phi) is 5.78. The van der Waals surface area contributed by atoms with Crippen molar-refractivity contribution < 1.29 is 0 Å². The highest BCUT2D eigenvalue weighted by atomic mass is 35.5. The van der Waals surface area contributed by atoms with Gasteiger partial charge in [-0.3, -0.25) is 0 Å². The lowest BCUT2D eigenvalue weighted by atomic mass is 10.4. The maximum atomic E-state index is 5.65. The van der Waals surface area contributed by atoms with Crippen molar-refractivity contribution >= 4 is 35.8 Å². The standard InChI is InChI=1S/C6H4Cl2S.CH5N/c7-4-1-2-6(9)5(8)3-4;1-2/h1-3,9H;2H2,1H3. The average Bonchev–Trinajstić information content (AvgIpc) is 2.02. The van der Waals surface area contributed by atoms with Crippen LogP contribution >= 0.6 is 35.8 Å². The quantitative estimate of drug-likeness (QED) is 0.632. The van der Waals surface area contributed by atoms with Gasteiger partial charge in [-0.1, -0.05) is 23.2 Å². The van der Waals surface area contributed by atoms with Gasteiger partial charge in [0.2, 0.25) is 0 Å². The Labute approximate surface area is 81.9 Å². The first kappa shape index (κ1) is 11.1. The lowest BCUT2D eigenvalue weighted by Gasteiger charge is -1.93. The summed E-state index contributed by atoms with van der Waals surface area (Å²) in [6, 6.07) is 5.16. The predicted molar refractivity (Wildman–Crippen MR) is 53.8 cm³/mol. The maximum absolute atomic E-state index is 5.65. The van der Waals surface area contributed by atoms with Crippen LogP contribution in [0.15, 0.2) is 23.1 Å². The zero-order chi connectivity index (χ0) is 8.85. The van der Waals surface area contributed by atoms with E-state index in [9.17, 15) is 0 Å². The Hall–Kier alpha value is 0.110. The summed E-state index contributed by atoms with van der Waals surface area (Å²) >= 11 is 15.3. The molecule has 0 saturated carbocycles. The summed E-state index contributed by atoms with van der Waals surface area (Å²) in [7, 11) is 1.50. The SMILES string of the molecule is CN.Sc1ccc(Cl)cc1Cl. The molecule has 0 fully saturated rings. The molecule has 0 unspecified atom stereocenters. The van der Waals surface area contributed by atoms with Crippen molar-refractivity contribution in [1.29, 1.82) is 0 Å². The first-order chi connectivity index (χ1) is 5.20. The first-order valence-corrected chi connectivity index (χ1v) is 4.12. The number of benzene rings is 1. The highest BCUT2D eigenvalue weighted by molar-refractivity contribution is 7.80. The molecule has 4 heteroatoms. The second kappa shape index (κ2) is 5.72. The molecule has 2 N–H and O–H groups in total. The van der Waals surface area contributed by atoms with Crippen LogP contribution in [-0.4, -0.2) is 7.05 Å². The van der Waals surface area contributed by atoms with Crippen LogP contribution in [-0.2, 0) is 0 Å². The van der Waals surface area contributed by atoms with Crippen molar-refractivity contribution in [3.8, 4) is 0 Å². The smallest absolute Gasteiger partial charge is 0.0554 e. The van der Waals surface area contributed by atoms with Gasteiger partial charge in [0.1, 0.15) is 0 Å². The van der Waals surface area contributed by atoms with E-state index in [-0.39, 0.29) is 0 Å². The molecule has 0 aromatic heterocycles.